The Balaban J connectivity index is 1.74. The van der Waals surface area contributed by atoms with Crippen LogP contribution in [-0.2, 0) is 0 Å². The summed E-state index contributed by atoms with van der Waals surface area (Å²) in [6, 6.07) is 3.49. The molecule has 1 aliphatic heterocycles. The molecule has 1 amide bonds. The quantitative estimate of drug-likeness (QED) is 0.867. The van der Waals surface area contributed by atoms with Gasteiger partial charge >= 0.3 is 0 Å². The second-order valence-corrected chi connectivity index (χ2v) is 7.49. The molecule has 2 aliphatic rings. The fourth-order valence-electron chi connectivity index (χ4n) is 3.48. The van der Waals surface area contributed by atoms with Crippen LogP contribution in [0.5, 0.6) is 0 Å². The molecule has 0 atom stereocenters. The lowest BCUT2D eigenvalue weighted by Gasteiger charge is -2.38. The minimum atomic E-state index is -0.216. The zero-order valence-corrected chi connectivity index (χ0v) is 14.6. The van der Waals surface area contributed by atoms with Gasteiger partial charge in [0.25, 0.3) is 5.91 Å². The summed E-state index contributed by atoms with van der Waals surface area (Å²) < 4.78 is 0. The van der Waals surface area contributed by atoms with Crippen LogP contribution in [0.15, 0.2) is 41.4 Å². The summed E-state index contributed by atoms with van der Waals surface area (Å²) in [4.78, 5) is 18.6. The van der Waals surface area contributed by atoms with Crippen LogP contribution in [-0.4, -0.2) is 34.6 Å². The largest absolute Gasteiger partial charge is 0.375 e. The Labute approximate surface area is 143 Å². The number of aromatic nitrogens is 1. The van der Waals surface area contributed by atoms with E-state index in [1.54, 1.807) is 24.5 Å². The van der Waals surface area contributed by atoms with Gasteiger partial charge in [-0.3, -0.25) is 9.78 Å². The number of piperidine rings is 1. The second-order valence-electron chi connectivity index (χ2n) is 7.49. The van der Waals surface area contributed by atoms with E-state index in [9.17, 15) is 4.79 Å². The number of likely N-dealkylation sites (tertiary alicyclic amines) is 1. The molecule has 1 fully saturated rings. The Morgan fingerprint density at radius 1 is 1.25 bits per heavy atom. The molecule has 1 N–H and O–H groups in total. The van der Waals surface area contributed by atoms with Crippen LogP contribution < -0.4 is 5.43 Å². The maximum Gasteiger partial charge on any atom is 0.272 e. The van der Waals surface area contributed by atoms with E-state index in [-0.39, 0.29) is 11.3 Å². The maximum absolute atomic E-state index is 12.1. The van der Waals surface area contributed by atoms with Crippen molar-refractivity contribution >= 4 is 11.6 Å². The first kappa shape index (κ1) is 16.7. The topological polar surface area (TPSA) is 57.6 Å². The highest BCUT2D eigenvalue weighted by Gasteiger charge is 2.29. The van der Waals surface area contributed by atoms with Crippen molar-refractivity contribution in [2.24, 2.45) is 10.5 Å². The SMILES string of the molecule is CC1(C)CC(N2CCCCC2)=C/C(=N\NC(=O)c2cccnc2)C1. The smallest absolute Gasteiger partial charge is 0.272 e. The number of carbonyl (C=O) groups is 1. The second kappa shape index (κ2) is 7.16. The summed E-state index contributed by atoms with van der Waals surface area (Å²) >= 11 is 0. The summed E-state index contributed by atoms with van der Waals surface area (Å²) in [7, 11) is 0. The number of hydrogen-bond donors (Lipinski definition) is 1. The van der Waals surface area contributed by atoms with Crippen molar-refractivity contribution in [3.05, 3.63) is 41.9 Å². The monoisotopic (exact) mass is 326 g/mol. The lowest BCUT2D eigenvalue weighted by molar-refractivity contribution is 0.0954. The molecule has 128 valence electrons. The Kier molecular flexibility index (Phi) is 4.97. The van der Waals surface area contributed by atoms with Gasteiger partial charge in [-0.15, -0.1) is 0 Å². The van der Waals surface area contributed by atoms with Crippen molar-refractivity contribution in [1.29, 1.82) is 0 Å². The molecule has 5 heteroatoms. The lowest BCUT2D eigenvalue weighted by atomic mass is 9.78. The van der Waals surface area contributed by atoms with E-state index in [0.717, 1.165) is 31.6 Å². The van der Waals surface area contributed by atoms with Crippen molar-refractivity contribution in [3.8, 4) is 0 Å². The standard InChI is InChI=1S/C19H26N4O/c1-19(2)12-16(11-17(13-19)23-9-4-3-5-10-23)21-22-18(24)15-7-6-8-20-14-15/h6-8,11,14H,3-5,9-10,12-13H2,1-2H3,(H,22,24)/b21-16+. The van der Waals surface area contributed by atoms with E-state index in [0.29, 0.717) is 5.56 Å². The van der Waals surface area contributed by atoms with Crippen LogP contribution in [0, 0.1) is 5.41 Å². The normalized spacial score (nSPS) is 22.2. The molecule has 0 saturated carbocycles. The summed E-state index contributed by atoms with van der Waals surface area (Å²) in [5, 5.41) is 4.39. The van der Waals surface area contributed by atoms with Crippen LogP contribution in [0.3, 0.4) is 0 Å². The van der Waals surface area contributed by atoms with Crippen LogP contribution in [0.25, 0.3) is 0 Å². The van der Waals surface area contributed by atoms with Crippen molar-refractivity contribution in [2.75, 3.05) is 13.1 Å². The number of nitrogens with one attached hydrogen (secondary N) is 1. The van der Waals surface area contributed by atoms with E-state index in [1.165, 1.54) is 25.0 Å². The highest BCUT2D eigenvalue weighted by molar-refractivity contribution is 5.99. The van der Waals surface area contributed by atoms with Gasteiger partial charge in [0, 0.05) is 31.2 Å². The van der Waals surface area contributed by atoms with Gasteiger partial charge in [0.1, 0.15) is 0 Å². The van der Waals surface area contributed by atoms with Gasteiger partial charge in [-0.2, -0.15) is 5.10 Å². The summed E-state index contributed by atoms with van der Waals surface area (Å²) in [6.07, 6.45) is 11.2. The minimum absolute atomic E-state index is 0.166. The molecule has 1 aliphatic carbocycles. The number of allylic oxidation sites excluding steroid dienone is 2. The zero-order chi connectivity index (χ0) is 17.0. The number of rotatable bonds is 3. The van der Waals surface area contributed by atoms with Crippen molar-refractivity contribution in [1.82, 2.24) is 15.3 Å². The number of amides is 1. The number of carbonyl (C=O) groups excluding carboxylic acids is 1. The molecule has 0 unspecified atom stereocenters. The van der Waals surface area contributed by atoms with E-state index in [1.807, 2.05) is 0 Å². The van der Waals surface area contributed by atoms with Gasteiger partial charge in [0.05, 0.1) is 11.3 Å². The van der Waals surface area contributed by atoms with Crippen LogP contribution >= 0.6 is 0 Å². The average Bonchev–Trinajstić information content (AvgIpc) is 2.60. The maximum atomic E-state index is 12.1. The Morgan fingerprint density at radius 3 is 2.75 bits per heavy atom. The predicted octanol–water partition coefficient (Wildman–Crippen LogP) is 3.36. The molecule has 2 heterocycles. The third kappa shape index (κ3) is 4.22. The molecule has 0 radical (unpaired) electrons. The molecular weight excluding hydrogens is 300 g/mol. The summed E-state index contributed by atoms with van der Waals surface area (Å²) in [5.74, 6) is -0.216. The molecular formula is C19H26N4O. The molecule has 5 nitrogen and oxygen atoms in total. The third-order valence-electron chi connectivity index (χ3n) is 4.64. The predicted molar refractivity (Wildman–Crippen MR) is 95.7 cm³/mol. The number of pyridine rings is 1. The molecule has 1 aromatic rings. The fraction of sp³-hybridized carbons (Fsp3) is 0.526. The number of hydrazone groups is 1. The average molecular weight is 326 g/mol. The Bertz CT molecular complexity index is 643. The number of hydrogen-bond acceptors (Lipinski definition) is 4. The van der Waals surface area contributed by atoms with E-state index < -0.39 is 0 Å². The van der Waals surface area contributed by atoms with E-state index in [4.69, 9.17) is 0 Å². The molecule has 0 spiro atoms. The van der Waals surface area contributed by atoms with Gasteiger partial charge in [0.2, 0.25) is 0 Å². The molecule has 24 heavy (non-hydrogen) atoms. The highest BCUT2D eigenvalue weighted by Crippen LogP contribution is 2.36. The lowest BCUT2D eigenvalue weighted by Crippen LogP contribution is -2.35. The van der Waals surface area contributed by atoms with Gasteiger partial charge in [-0.25, -0.2) is 5.43 Å². The van der Waals surface area contributed by atoms with E-state index >= 15 is 0 Å². The van der Waals surface area contributed by atoms with E-state index in [2.05, 4.69) is 40.3 Å². The van der Waals surface area contributed by atoms with Crippen molar-refractivity contribution in [3.63, 3.8) is 0 Å². The molecule has 1 aromatic heterocycles. The zero-order valence-electron chi connectivity index (χ0n) is 14.6. The Hall–Kier alpha value is -2.17. The first-order valence-corrected chi connectivity index (χ1v) is 8.76. The van der Waals surface area contributed by atoms with Crippen LogP contribution in [0.1, 0.15) is 56.3 Å². The molecule has 3 rings (SSSR count). The van der Waals surface area contributed by atoms with Gasteiger partial charge in [-0.1, -0.05) is 13.8 Å². The fourth-order valence-corrected chi connectivity index (χ4v) is 3.48. The molecule has 0 aromatic carbocycles. The molecule has 1 saturated heterocycles. The van der Waals surface area contributed by atoms with Gasteiger partial charge < -0.3 is 4.90 Å². The first-order valence-electron chi connectivity index (χ1n) is 8.76. The van der Waals surface area contributed by atoms with Crippen LogP contribution in [0.4, 0.5) is 0 Å². The van der Waals surface area contributed by atoms with Gasteiger partial charge in [0.15, 0.2) is 0 Å². The van der Waals surface area contributed by atoms with Crippen LogP contribution in [0.2, 0.25) is 0 Å². The number of nitrogens with zero attached hydrogens (tertiary/aromatic N) is 3. The third-order valence-corrected chi connectivity index (χ3v) is 4.64. The minimum Gasteiger partial charge on any atom is -0.375 e. The Morgan fingerprint density at radius 2 is 2.04 bits per heavy atom. The van der Waals surface area contributed by atoms with Gasteiger partial charge in [-0.05, 0) is 55.7 Å². The summed E-state index contributed by atoms with van der Waals surface area (Å²) in [6.45, 7) is 6.80. The summed E-state index contributed by atoms with van der Waals surface area (Å²) in [5.41, 5.74) is 5.68. The van der Waals surface area contributed by atoms with Crippen molar-refractivity contribution in [2.45, 2.75) is 46.0 Å². The first-order chi connectivity index (χ1) is 11.5. The highest BCUT2D eigenvalue weighted by atomic mass is 16.2. The molecule has 0 bridgehead atoms. The van der Waals surface area contributed by atoms with Crippen molar-refractivity contribution < 1.29 is 4.79 Å².